The van der Waals surface area contributed by atoms with E-state index < -0.39 is 9.84 Å². The Labute approximate surface area is 131 Å². The van der Waals surface area contributed by atoms with E-state index >= 15 is 0 Å². The molecule has 1 aliphatic heterocycles. The summed E-state index contributed by atoms with van der Waals surface area (Å²) in [6.45, 7) is 1.19. The molecule has 1 aromatic carbocycles. The monoisotopic (exact) mass is 326 g/mol. The van der Waals surface area contributed by atoms with Gasteiger partial charge in [0.25, 0.3) is 0 Å². The number of sulfone groups is 1. The molecule has 1 heterocycles. The Morgan fingerprint density at radius 2 is 2.09 bits per heavy atom. The van der Waals surface area contributed by atoms with Gasteiger partial charge in [0.2, 0.25) is 0 Å². The normalized spacial score (nSPS) is 19.8. The Morgan fingerprint density at radius 1 is 1.36 bits per heavy atom. The average Bonchev–Trinajstić information content (AvgIpc) is 2.86. The highest BCUT2D eigenvalue weighted by atomic mass is 32.2. The van der Waals surface area contributed by atoms with Crippen molar-refractivity contribution in [3.05, 3.63) is 35.9 Å². The average molecular weight is 326 g/mol. The van der Waals surface area contributed by atoms with Gasteiger partial charge in [-0.2, -0.15) is 0 Å². The Hall–Kier alpha value is -1.60. The molecule has 1 aliphatic rings. The van der Waals surface area contributed by atoms with Crippen molar-refractivity contribution in [3.8, 4) is 0 Å². The molecule has 22 heavy (non-hydrogen) atoms. The quantitative estimate of drug-likeness (QED) is 0.847. The highest BCUT2D eigenvalue weighted by Crippen LogP contribution is 2.18. The predicted octanol–water partition coefficient (Wildman–Crippen LogP) is 1.03. The zero-order chi connectivity index (χ0) is 16.0. The number of hydrogen-bond donors (Lipinski definition) is 1. The number of methoxy groups -OCH3 is 1. The number of benzene rings is 1. The molecule has 1 atom stereocenters. The van der Waals surface area contributed by atoms with E-state index in [0.717, 1.165) is 5.56 Å². The van der Waals surface area contributed by atoms with E-state index in [-0.39, 0.29) is 23.6 Å². The van der Waals surface area contributed by atoms with Crippen LogP contribution in [0.15, 0.2) is 30.3 Å². The van der Waals surface area contributed by atoms with Crippen LogP contribution in [0.3, 0.4) is 0 Å². The summed E-state index contributed by atoms with van der Waals surface area (Å²) in [6, 6.07) is 9.08. The summed E-state index contributed by atoms with van der Waals surface area (Å²) in [5, 5.41) is 2.85. The smallest absolute Gasteiger partial charge is 0.318 e. The maximum absolute atomic E-state index is 12.4. The molecule has 1 saturated heterocycles. The molecule has 1 unspecified atom stereocenters. The van der Waals surface area contributed by atoms with Gasteiger partial charge in [0.05, 0.1) is 18.1 Å². The van der Waals surface area contributed by atoms with Gasteiger partial charge < -0.3 is 15.0 Å². The number of amides is 2. The van der Waals surface area contributed by atoms with Crippen LogP contribution in [0.4, 0.5) is 4.79 Å². The number of urea groups is 1. The first-order valence-electron chi connectivity index (χ1n) is 7.29. The van der Waals surface area contributed by atoms with Gasteiger partial charge >= 0.3 is 6.03 Å². The first-order chi connectivity index (χ1) is 10.5. The minimum Gasteiger partial charge on any atom is -0.383 e. The first kappa shape index (κ1) is 16.8. The number of hydrogen-bond acceptors (Lipinski definition) is 4. The summed E-state index contributed by atoms with van der Waals surface area (Å²) in [5.74, 6) is 0.183. The standard InChI is InChI=1S/C15H22N2O4S/c1-21-9-8-17(14-7-10-22(19,20)12-14)15(18)16-11-13-5-3-2-4-6-13/h2-6,14H,7-12H2,1H3,(H,16,18). The van der Waals surface area contributed by atoms with Crippen molar-refractivity contribution in [2.75, 3.05) is 31.8 Å². The van der Waals surface area contributed by atoms with Gasteiger partial charge in [-0.15, -0.1) is 0 Å². The third-order valence-corrected chi connectivity index (χ3v) is 5.48. The van der Waals surface area contributed by atoms with Crippen LogP contribution in [-0.4, -0.2) is 57.2 Å². The molecule has 0 bridgehead atoms. The predicted molar refractivity (Wildman–Crippen MR) is 84.3 cm³/mol. The molecule has 0 saturated carbocycles. The minimum atomic E-state index is -3.03. The molecular formula is C15H22N2O4S. The molecule has 0 aromatic heterocycles. The minimum absolute atomic E-state index is 0.0372. The van der Waals surface area contributed by atoms with Crippen molar-refractivity contribution in [1.29, 1.82) is 0 Å². The molecule has 7 heteroatoms. The van der Waals surface area contributed by atoms with E-state index in [2.05, 4.69) is 5.32 Å². The van der Waals surface area contributed by atoms with Crippen molar-refractivity contribution in [2.24, 2.45) is 0 Å². The molecule has 0 spiro atoms. The second-order valence-corrected chi connectivity index (χ2v) is 7.62. The fraction of sp³-hybridized carbons (Fsp3) is 0.533. The Balaban J connectivity index is 1.97. The molecule has 2 rings (SSSR count). The SMILES string of the molecule is COCCN(C(=O)NCc1ccccc1)C1CCS(=O)(=O)C1. The summed E-state index contributed by atoms with van der Waals surface area (Å²) >= 11 is 0. The van der Waals surface area contributed by atoms with Gasteiger partial charge in [0, 0.05) is 26.2 Å². The van der Waals surface area contributed by atoms with Crippen LogP contribution in [-0.2, 0) is 21.1 Å². The zero-order valence-corrected chi connectivity index (χ0v) is 13.5. The van der Waals surface area contributed by atoms with Gasteiger partial charge in [0.1, 0.15) is 0 Å². The topological polar surface area (TPSA) is 75.7 Å². The van der Waals surface area contributed by atoms with Gasteiger partial charge in [-0.3, -0.25) is 0 Å². The molecular weight excluding hydrogens is 304 g/mol. The molecule has 2 amide bonds. The van der Waals surface area contributed by atoms with Crippen LogP contribution < -0.4 is 5.32 Å². The van der Waals surface area contributed by atoms with Crippen LogP contribution in [0.1, 0.15) is 12.0 Å². The van der Waals surface area contributed by atoms with Crippen LogP contribution in [0.25, 0.3) is 0 Å². The van der Waals surface area contributed by atoms with E-state index in [1.54, 1.807) is 12.0 Å². The van der Waals surface area contributed by atoms with E-state index in [1.807, 2.05) is 30.3 Å². The third-order valence-electron chi connectivity index (χ3n) is 3.73. The van der Waals surface area contributed by atoms with Gasteiger partial charge in [-0.05, 0) is 12.0 Å². The highest BCUT2D eigenvalue weighted by molar-refractivity contribution is 7.91. The van der Waals surface area contributed by atoms with Crippen molar-refractivity contribution in [3.63, 3.8) is 0 Å². The Kier molecular flexibility index (Phi) is 5.79. The maximum atomic E-state index is 12.4. The van der Waals surface area contributed by atoms with Crippen LogP contribution in [0.5, 0.6) is 0 Å². The fourth-order valence-electron chi connectivity index (χ4n) is 2.54. The number of carbonyl (C=O) groups is 1. The van der Waals surface area contributed by atoms with Crippen molar-refractivity contribution >= 4 is 15.9 Å². The summed E-state index contributed by atoms with van der Waals surface area (Å²) in [6.07, 6.45) is 0.491. The Bertz CT molecular complexity index is 589. The number of nitrogens with one attached hydrogen (secondary N) is 1. The molecule has 122 valence electrons. The highest BCUT2D eigenvalue weighted by Gasteiger charge is 2.34. The summed E-state index contributed by atoms with van der Waals surface area (Å²) in [5.41, 5.74) is 1.00. The lowest BCUT2D eigenvalue weighted by molar-refractivity contribution is 0.133. The van der Waals surface area contributed by atoms with Gasteiger partial charge in [-0.25, -0.2) is 13.2 Å². The second-order valence-electron chi connectivity index (χ2n) is 5.39. The molecule has 1 aromatic rings. The largest absolute Gasteiger partial charge is 0.383 e. The molecule has 1 N–H and O–H groups in total. The van der Waals surface area contributed by atoms with Gasteiger partial charge in [0.15, 0.2) is 9.84 Å². The lowest BCUT2D eigenvalue weighted by atomic mass is 10.2. The van der Waals surface area contributed by atoms with E-state index in [9.17, 15) is 13.2 Å². The zero-order valence-electron chi connectivity index (χ0n) is 12.7. The number of carbonyl (C=O) groups excluding carboxylic acids is 1. The first-order valence-corrected chi connectivity index (χ1v) is 9.12. The maximum Gasteiger partial charge on any atom is 0.318 e. The van der Waals surface area contributed by atoms with Crippen molar-refractivity contribution in [1.82, 2.24) is 10.2 Å². The molecule has 0 aliphatic carbocycles. The Morgan fingerprint density at radius 3 is 2.68 bits per heavy atom. The molecule has 6 nitrogen and oxygen atoms in total. The second kappa shape index (κ2) is 7.60. The van der Waals surface area contributed by atoms with E-state index in [4.69, 9.17) is 4.74 Å². The molecule has 1 fully saturated rings. The lowest BCUT2D eigenvalue weighted by Gasteiger charge is -2.28. The summed E-state index contributed by atoms with van der Waals surface area (Å²) in [7, 11) is -1.47. The molecule has 0 radical (unpaired) electrons. The van der Waals surface area contributed by atoms with Crippen LogP contribution in [0, 0.1) is 0 Å². The van der Waals surface area contributed by atoms with Crippen LogP contribution in [0.2, 0.25) is 0 Å². The fourth-order valence-corrected chi connectivity index (χ4v) is 4.27. The van der Waals surface area contributed by atoms with E-state index in [1.165, 1.54) is 0 Å². The van der Waals surface area contributed by atoms with Crippen LogP contribution >= 0.6 is 0 Å². The summed E-state index contributed by atoms with van der Waals surface area (Å²) < 4.78 is 28.3. The van der Waals surface area contributed by atoms with Gasteiger partial charge in [-0.1, -0.05) is 30.3 Å². The number of rotatable bonds is 6. The van der Waals surface area contributed by atoms with Crippen molar-refractivity contribution < 1.29 is 17.9 Å². The van der Waals surface area contributed by atoms with Crippen molar-refractivity contribution in [2.45, 2.75) is 19.0 Å². The number of ether oxygens (including phenoxy) is 1. The lowest BCUT2D eigenvalue weighted by Crippen LogP contribution is -2.48. The number of nitrogens with zero attached hydrogens (tertiary/aromatic N) is 1. The third kappa shape index (κ3) is 4.71. The summed E-state index contributed by atoms with van der Waals surface area (Å²) in [4.78, 5) is 14.0. The van der Waals surface area contributed by atoms with E-state index in [0.29, 0.717) is 26.1 Å².